The van der Waals surface area contributed by atoms with Crippen LogP contribution >= 0.6 is 0 Å². The van der Waals surface area contributed by atoms with Crippen molar-refractivity contribution in [1.29, 1.82) is 0 Å². The van der Waals surface area contributed by atoms with E-state index < -0.39 is 22.0 Å². The van der Waals surface area contributed by atoms with Crippen LogP contribution in [0.2, 0.25) is 0 Å². The zero-order valence-corrected chi connectivity index (χ0v) is 15.0. The maximum Gasteiger partial charge on any atom is 1.00 e. The number of aromatic hydroxyl groups is 1. The second kappa shape index (κ2) is 5.41. The smallest absolute Gasteiger partial charge is 0.872 e. The van der Waals surface area contributed by atoms with E-state index in [0.29, 0.717) is 0 Å². The van der Waals surface area contributed by atoms with Gasteiger partial charge in [-0.15, -0.1) is 5.75 Å². The Hall–Kier alpha value is -2.21. The standard InChI is InChI=1S/C18H10O5.Na/c1-7-5-11(20)14-9(17(7)22)6-12(21)15-13-8(18(23)16(14)15)3-2-4-10(13)19;/h2-6,19,21H,1H3;/q;+1/p-1. The molecular formula is C18H9NaO5. The first-order chi connectivity index (χ1) is 10.9. The van der Waals surface area contributed by atoms with Crippen molar-refractivity contribution in [2.75, 3.05) is 0 Å². The Balaban J connectivity index is 0.00000169. The summed E-state index contributed by atoms with van der Waals surface area (Å²) in [4.78, 5) is 37.3. The zero-order chi connectivity index (χ0) is 16.5. The van der Waals surface area contributed by atoms with Gasteiger partial charge < -0.3 is 10.2 Å². The van der Waals surface area contributed by atoms with Crippen molar-refractivity contribution in [3.05, 3.63) is 66.6 Å². The van der Waals surface area contributed by atoms with Crippen molar-refractivity contribution < 1.29 is 39.8 Å². The third kappa shape index (κ3) is 1.95. The maximum atomic E-state index is 12.7. The van der Waals surface area contributed by atoms with Gasteiger partial charge in [-0.2, -0.15) is 0 Å². The minimum atomic E-state index is -0.519. The van der Waals surface area contributed by atoms with Crippen LogP contribution in [0, 0.1) is 6.92 Å². The summed E-state index contributed by atoms with van der Waals surface area (Å²) in [5, 5.41) is 22.6. The first-order valence-corrected chi connectivity index (χ1v) is 6.94. The predicted molar refractivity (Wildman–Crippen MR) is 86.0 cm³/mol. The number of fused-ring (bicyclic) bond motifs is 5. The molecule has 24 heavy (non-hydrogen) atoms. The third-order valence-corrected chi connectivity index (χ3v) is 4.25. The van der Waals surface area contributed by atoms with E-state index in [-0.39, 0.29) is 73.2 Å². The van der Waals surface area contributed by atoms with Crippen LogP contribution in [0.15, 0.2) is 44.7 Å². The minimum absolute atomic E-state index is 0. The molecule has 0 atom stereocenters. The van der Waals surface area contributed by atoms with Crippen LogP contribution in [0.4, 0.5) is 0 Å². The Morgan fingerprint density at radius 3 is 2.29 bits per heavy atom. The van der Waals surface area contributed by atoms with Crippen molar-refractivity contribution in [3.8, 4) is 11.5 Å². The van der Waals surface area contributed by atoms with E-state index in [2.05, 4.69) is 0 Å². The van der Waals surface area contributed by atoms with Gasteiger partial charge in [0.05, 0.1) is 0 Å². The molecular weight excluding hydrogens is 319 g/mol. The summed E-state index contributed by atoms with van der Waals surface area (Å²) in [6.45, 7) is 1.50. The van der Waals surface area contributed by atoms with Crippen LogP contribution in [-0.2, 0) is 0 Å². The average Bonchev–Trinajstić information content (AvgIpc) is 2.81. The predicted octanol–water partition coefficient (Wildman–Crippen LogP) is -1.81. The molecule has 112 valence electrons. The fraction of sp³-hybridized carbons (Fsp3) is 0.0556. The molecule has 0 saturated carbocycles. The van der Waals surface area contributed by atoms with Gasteiger partial charge in [-0.3, -0.25) is 14.4 Å². The zero-order valence-electron chi connectivity index (χ0n) is 13.0. The molecule has 4 aromatic carbocycles. The summed E-state index contributed by atoms with van der Waals surface area (Å²) in [6, 6.07) is 6.56. The molecule has 0 aliphatic heterocycles. The largest absolute Gasteiger partial charge is 1.00 e. The summed E-state index contributed by atoms with van der Waals surface area (Å²) in [5.41, 5.74) is -1.16. The monoisotopic (exact) mass is 328 g/mol. The quantitative estimate of drug-likeness (QED) is 0.384. The summed E-state index contributed by atoms with van der Waals surface area (Å²) in [5.74, 6) is -0.754. The van der Waals surface area contributed by atoms with Crippen molar-refractivity contribution >= 4 is 32.3 Å². The van der Waals surface area contributed by atoms with E-state index in [4.69, 9.17) is 0 Å². The van der Waals surface area contributed by atoms with Crippen molar-refractivity contribution in [3.63, 3.8) is 0 Å². The third-order valence-electron chi connectivity index (χ3n) is 4.25. The van der Waals surface area contributed by atoms with E-state index in [1.165, 1.54) is 37.3 Å². The number of benzene rings is 3. The molecule has 0 amide bonds. The molecule has 1 N–H and O–H groups in total. The van der Waals surface area contributed by atoms with E-state index >= 15 is 0 Å². The van der Waals surface area contributed by atoms with Crippen molar-refractivity contribution in [2.24, 2.45) is 0 Å². The van der Waals surface area contributed by atoms with Gasteiger partial charge in [0.2, 0.25) is 0 Å². The topological polar surface area (TPSA) is 94.5 Å². The summed E-state index contributed by atoms with van der Waals surface area (Å²) >= 11 is 0. The Morgan fingerprint density at radius 2 is 1.58 bits per heavy atom. The van der Waals surface area contributed by atoms with E-state index in [1.54, 1.807) is 0 Å². The second-order valence-electron chi connectivity index (χ2n) is 5.60. The van der Waals surface area contributed by atoms with Gasteiger partial charge in [-0.05, 0) is 24.4 Å². The average molecular weight is 328 g/mol. The second-order valence-corrected chi connectivity index (χ2v) is 5.60. The van der Waals surface area contributed by atoms with Gasteiger partial charge in [0.1, 0.15) is 5.75 Å². The molecule has 0 spiro atoms. The number of rotatable bonds is 0. The van der Waals surface area contributed by atoms with Crippen LogP contribution in [-0.4, -0.2) is 5.11 Å². The van der Waals surface area contributed by atoms with E-state index in [9.17, 15) is 24.6 Å². The molecule has 6 heteroatoms. The molecule has 0 aliphatic carbocycles. The number of aryl methyl sites for hydroxylation is 1. The summed E-state index contributed by atoms with van der Waals surface area (Å²) < 4.78 is 0. The number of hydrogen-bond acceptors (Lipinski definition) is 5. The Kier molecular flexibility index (Phi) is 3.75. The summed E-state index contributed by atoms with van der Waals surface area (Å²) in [7, 11) is 0. The fourth-order valence-corrected chi connectivity index (χ4v) is 3.24. The Bertz CT molecular complexity index is 1300. The Labute approximate surface area is 156 Å². The van der Waals surface area contributed by atoms with Gasteiger partial charge in [0.15, 0.2) is 16.3 Å². The minimum Gasteiger partial charge on any atom is -0.872 e. The van der Waals surface area contributed by atoms with E-state index in [1.807, 2.05) is 0 Å². The number of phenolic OH excluding ortho intramolecular Hbond substituents is 1. The molecule has 0 heterocycles. The van der Waals surface area contributed by atoms with Gasteiger partial charge in [-0.1, -0.05) is 18.2 Å². The molecule has 0 aliphatic rings. The number of phenols is 1. The van der Waals surface area contributed by atoms with Gasteiger partial charge in [0.25, 0.3) is 0 Å². The normalized spacial score (nSPS) is 11.2. The van der Waals surface area contributed by atoms with Crippen LogP contribution in [0.25, 0.3) is 32.3 Å². The van der Waals surface area contributed by atoms with Crippen molar-refractivity contribution in [1.82, 2.24) is 0 Å². The first-order valence-electron chi connectivity index (χ1n) is 6.94. The van der Waals surface area contributed by atoms with Crippen LogP contribution in [0.1, 0.15) is 5.56 Å². The van der Waals surface area contributed by atoms with Gasteiger partial charge in [-0.25, -0.2) is 0 Å². The molecule has 0 fully saturated rings. The first kappa shape index (κ1) is 16.6. The van der Waals surface area contributed by atoms with Gasteiger partial charge in [0, 0.05) is 32.5 Å². The molecule has 5 nitrogen and oxygen atoms in total. The van der Waals surface area contributed by atoms with Gasteiger partial charge >= 0.3 is 29.6 Å². The molecule has 0 bridgehead atoms. The number of hydrogen-bond donors (Lipinski definition) is 1. The molecule has 0 saturated heterocycles. The summed E-state index contributed by atoms with van der Waals surface area (Å²) in [6.07, 6.45) is 0. The maximum absolute atomic E-state index is 12.7. The molecule has 0 aromatic heterocycles. The SMILES string of the molecule is Cc1cc(=O)c2c(cc(O)c3c4c([O-])cccc4c(=O)c32)c1=O.[Na+]. The van der Waals surface area contributed by atoms with Crippen LogP contribution < -0.4 is 51.0 Å². The van der Waals surface area contributed by atoms with Crippen molar-refractivity contribution in [2.45, 2.75) is 6.92 Å². The van der Waals surface area contributed by atoms with Crippen LogP contribution in [0.5, 0.6) is 11.5 Å². The van der Waals surface area contributed by atoms with E-state index in [0.717, 1.165) is 0 Å². The van der Waals surface area contributed by atoms with Crippen LogP contribution in [0.3, 0.4) is 0 Å². The molecule has 4 aromatic rings. The molecule has 0 unspecified atom stereocenters. The molecule has 4 rings (SSSR count). The Morgan fingerprint density at radius 1 is 0.875 bits per heavy atom. The molecule has 0 radical (unpaired) electrons. The fourth-order valence-electron chi connectivity index (χ4n) is 3.24.